The van der Waals surface area contributed by atoms with Crippen molar-refractivity contribution in [1.29, 1.82) is 0 Å². The van der Waals surface area contributed by atoms with E-state index in [9.17, 15) is 0 Å². The number of fused-ring (bicyclic) bond motifs is 1. The smallest absolute Gasteiger partial charge is 0.0457 e. The molecule has 0 saturated carbocycles. The molecule has 0 aliphatic heterocycles. The molecule has 14 heavy (non-hydrogen) atoms. The van der Waals surface area contributed by atoms with Crippen LogP contribution in [0.4, 0.5) is 0 Å². The minimum atomic E-state index is 0.921. The Balaban J connectivity index is 0.000000461. The molecule has 1 aromatic heterocycles. The Hall–Kier alpha value is -1.28. The van der Waals surface area contributed by atoms with E-state index in [0.29, 0.717) is 0 Å². The molecule has 0 amide bonds. The fourth-order valence-corrected chi connectivity index (χ4v) is 1.47. The largest absolute Gasteiger partial charge is 0.361 e. The summed E-state index contributed by atoms with van der Waals surface area (Å²) in [7, 11) is 1.96. The molecule has 0 aliphatic rings. The predicted octanol–water partition coefficient (Wildman–Crippen LogP) is 2.91. The highest BCUT2D eigenvalue weighted by Gasteiger charge is 1.99. The molecule has 0 atom stereocenters. The van der Waals surface area contributed by atoms with Crippen molar-refractivity contribution in [3.63, 3.8) is 0 Å². The van der Waals surface area contributed by atoms with Gasteiger partial charge in [-0.2, -0.15) is 0 Å². The Labute approximate surface area is 85.3 Å². The van der Waals surface area contributed by atoms with Gasteiger partial charge in [0.05, 0.1) is 0 Å². The van der Waals surface area contributed by atoms with Crippen molar-refractivity contribution >= 4 is 10.9 Å². The van der Waals surface area contributed by atoms with Crippen molar-refractivity contribution in [3.8, 4) is 0 Å². The van der Waals surface area contributed by atoms with Crippen LogP contribution in [0.1, 0.15) is 19.4 Å². The van der Waals surface area contributed by atoms with Crippen molar-refractivity contribution in [2.45, 2.75) is 20.4 Å². The fourth-order valence-electron chi connectivity index (χ4n) is 1.47. The van der Waals surface area contributed by atoms with Gasteiger partial charge in [0.2, 0.25) is 0 Å². The van der Waals surface area contributed by atoms with Crippen molar-refractivity contribution < 1.29 is 0 Å². The zero-order chi connectivity index (χ0) is 10.4. The Morgan fingerprint density at radius 2 is 1.93 bits per heavy atom. The van der Waals surface area contributed by atoms with Gasteiger partial charge in [0.15, 0.2) is 0 Å². The molecule has 2 heteroatoms. The Kier molecular flexibility index (Phi) is 4.20. The quantitative estimate of drug-likeness (QED) is 0.748. The van der Waals surface area contributed by atoms with Crippen LogP contribution in [0.25, 0.3) is 10.9 Å². The van der Waals surface area contributed by atoms with Crippen LogP contribution >= 0.6 is 0 Å². The van der Waals surface area contributed by atoms with E-state index in [1.165, 1.54) is 16.5 Å². The van der Waals surface area contributed by atoms with Gasteiger partial charge in [-0.25, -0.2) is 0 Å². The van der Waals surface area contributed by atoms with Crippen LogP contribution in [-0.2, 0) is 6.54 Å². The first-order valence-corrected chi connectivity index (χ1v) is 5.11. The molecule has 2 rings (SSSR count). The van der Waals surface area contributed by atoms with Gasteiger partial charge in [0.25, 0.3) is 0 Å². The van der Waals surface area contributed by atoms with Crippen LogP contribution < -0.4 is 5.32 Å². The van der Waals surface area contributed by atoms with Gasteiger partial charge in [0, 0.05) is 23.6 Å². The van der Waals surface area contributed by atoms with E-state index >= 15 is 0 Å². The molecule has 0 fully saturated rings. The maximum absolute atomic E-state index is 3.23. The summed E-state index contributed by atoms with van der Waals surface area (Å²) in [5, 5.41) is 4.45. The van der Waals surface area contributed by atoms with E-state index in [0.717, 1.165) is 6.54 Å². The van der Waals surface area contributed by atoms with Crippen LogP contribution in [0.2, 0.25) is 0 Å². The highest BCUT2D eigenvalue weighted by Crippen LogP contribution is 2.16. The number of para-hydroxylation sites is 1. The van der Waals surface area contributed by atoms with Gasteiger partial charge >= 0.3 is 0 Å². The second-order valence-electron chi connectivity index (χ2n) is 2.89. The topological polar surface area (TPSA) is 27.8 Å². The summed E-state index contributed by atoms with van der Waals surface area (Å²) in [5.74, 6) is 0. The standard InChI is InChI=1S/C10H12N2.C2H6/c1-11-6-8-7-12-10-5-3-2-4-9(8)10;1-2/h2-5,7,11-12H,6H2,1H3;1-2H3. The van der Waals surface area contributed by atoms with Crippen molar-refractivity contribution in [1.82, 2.24) is 10.3 Å². The van der Waals surface area contributed by atoms with E-state index in [1.807, 2.05) is 27.0 Å². The highest BCUT2D eigenvalue weighted by atomic mass is 14.8. The van der Waals surface area contributed by atoms with E-state index in [-0.39, 0.29) is 0 Å². The third-order valence-electron chi connectivity index (χ3n) is 2.04. The summed E-state index contributed by atoms with van der Waals surface area (Å²) >= 11 is 0. The maximum atomic E-state index is 3.23. The first-order valence-electron chi connectivity index (χ1n) is 5.11. The molecule has 0 bridgehead atoms. The molecule has 1 heterocycles. The van der Waals surface area contributed by atoms with Gasteiger partial charge in [-0.15, -0.1) is 0 Å². The minimum absolute atomic E-state index is 0.921. The number of nitrogens with one attached hydrogen (secondary N) is 2. The van der Waals surface area contributed by atoms with Crippen LogP contribution in [0.5, 0.6) is 0 Å². The Morgan fingerprint density at radius 3 is 2.64 bits per heavy atom. The molecule has 1 aromatic carbocycles. The number of benzene rings is 1. The lowest BCUT2D eigenvalue weighted by molar-refractivity contribution is 0.823. The van der Waals surface area contributed by atoms with Crippen molar-refractivity contribution in [3.05, 3.63) is 36.0 Å². The first-order chi connectivity index (χ1) is 6.92. The zero-order valence-electron chi connectivity index (χ0n) is 9.09. The molecule has 76 valence electrons. The third-order valence-corrected chi connectivity index (χ3v) is 2.04. The molecule has 0 saturated heterocycles. The molecule has 0 aliphatic carbocycles. The number of aromatic nitrogens is 1. The van der Waals surface area contributed by atoms with E-state index < -0.39 is 0 Å². The number of H-pyrrole nitrogens is 1. The average molecular weight is 190 g/mol. The summed E-state index contributed by atoms with van der Waals surface area (Å²) in [6.07, 6.45) is 2.06. The number of aromatic amines is 1. The van der Waals surface area contributed by atoms with E-state index in [2.05, 4.69) is 34.7 Å². The number of hydrogen-bond acceptors (Lipinski definition) is 1. The molecule has 2 aromatic rings. The van der Waals surface area contributed by atoms with Gasteiger partial charge in [0.1, 0.15) is 0 Å². The highest BCUT2D eigenvalue weighted by molar-refractivity contribution is 5.82. The lowest BCUT2D eigenvalue weighted by atomic mass is 10.2. The van der Waals surface area contributed by atoms with Crippen LogP contribution in [0, 0.1) is 0 Å². The molecular formula is C12H18N2. The van der Waals surface area contributed by atoms with Crippen LogP contribution in [0.15, 0.2) is 30.5 Å². The lowest BCUT2D eigenvalue weighted by Crippen LogP contribution is -2.03. The molecular weight excluding hydrogens is 172 g/mol. The zero-order valence-corrected chi connectivity index (χ0v) is 9.09. The van der Waals surface area contributed by atoms with Gasteiger partial charge < -0.3 is 10.3 Å². The summed E-state index contributed by atoms with van der Waals surface area (Å²) < 4.78 is 0. The van der Waals surface area contributed by atoms with Crippen molar-refractivity contribution in [2.24, 2.45) is 0 Å². The van der Waals surface area contributed by atoms with Crippen molar-refractivity contribution in [2.75, 3.05) is 7.05 Å². The summed E-state index contributed by atoms with van der Waals surface area (Å²) in [6, 6.07) is 8.34. The van der Waals surface area contributed by atoms with Crippen LogP contribution in [-0.4, -0.2) is 12.0 Å². The summed E-state index contributed by atoms with van der Waals surface area (Å²) in [4.78, 5) is 3.23. The Morgan fingerprint density at radius 1 is 1.21 bits per heavy atom. The SMILES string of the molecule is CC.CNCc1c[nH]c2ccccc12. The normalized spacial score (nSPS) is 9.64. The van der Waals surface area contributed by atoms with Gasteiger partial charge in [-0.05, 0) is 18.7 Å². The molecule has 0 unspecified atom stereocenters. The average Bonchev–Trinajstić information content (AvgIpc) is 2.66. The summed E-state index contributed by atoms with van der Waals surface area (Å²) in [5.41, 5.74) is 2.54. The third kappa shape index (κ3) is 2.15. The Bertz CT molecular complexity index is 376. The van der Waals surface area contributed by atoms with E-state index in [4.69, 9.17) is 0 Å². The second kappa shape index (κ2) is 5.45. The van der Waals surface area contributed by atoms with Crippen LogP contribution in [0.3, 0.4) is 0 Å². The number of rotatable bonds is 2. The molecule has 2 nitrogen and oxygen atoms in total. The van der Waals surface area contributed by atoms with Gasteiger partial charge in [-0.1, -0.05) is 32.0 Å². The van der Waals surface area contributed by atoms with E-state index in [1.54, 1.807) is 0 Å². The predicted molar refractivity (Wildman–Crippen MR) is 62.4 cm³/mol. The fraction of sp³-hybridized carbons (Fsp3) is 0.333. The first kappa shape index (κ1) is 10.8. The molecule has 0 radical (unpaired) electrons. The summed E-state index contributed by atoms with van der Waals surface area (Å²) in [6.45, 7) is 4.92. The van der Waals surface area contributed by atoms with Gasteiger partial charge in [-0.3, -0.25) is 0 Å². The second-order valence-corrected chi connectivity index (χ2v) is 2.89. The molecule has 2 N–H and O–H groups in total. The monoisotopic (exact) mass is 190 g/mol. The molecule has 0 spiro atoms. The number of hydrogen-bond donors (Lipinski definition) is 2. The lowest BCUT2D eigenvalue weighted by Gasteiger charge is -1.95. The minimum Gasteiger partial charge on any atom is -0.361 e. The maximum Gasteiger partial charge on any atom is 0.0457 e.